The molecule has 0 saturated carbocycles. The summed E-state index contributed by atoms with van der Waals surface area (Å²) in [5.74, 6) is 1.97. The van der Waals surface area contributed by atoms with E-state index in [0.717, 1.165) is 18.2 Å². The lowest BCUT2D eigenvalue weighted by atomic mass is 9.78. The number of hydrogen-bond acceptors (Lipinski definition) is 4. The van der Waals surface area contributed by atoms with Crippen LogP contribution in [-0.4, -0.2) is 36.1 Å². The molecule has 0 atom stereocenters. The molecule has 2 aliphatic rings. The van der Waals surface area contributed by atoms with Crippen LogP contribution in [0.1, 0.15) is 25.1 Å². The first-order valence-electron chi connectivity index (χ1n) is 6.53. The van der Waals surface area contributed by atoms with Crippen molar-refractivity contribution in [2.24, 2.45) is 5.41 Å². The predicted octanol–water partition coefficient (Wildman–Crippen LogP) is 1.79. The molecule has 0 aromatic carbocycles. The number of aromatic nitrogens is 2. The number of anilines is 1. The molecule has 0 aliphatic carbocycles. The van der Waals surface area contributed by atoms with Crippen LogP contribution in [-0.2, 0) is 0 Å². The standard InChI is InChI=1S/C13H20N4.ClH/c1-11-15-6-2-12(16-11)17-9-5-13(10-17)3-7-14-8-4-13;/h2,6,14H,3-5,7-10H2,1H3;1H. The average Bonchev–Trinajstić information content (AvgIpc) is 2.74. The Balaban J connectivity index is 0.00000120. The first-order chi connectivity index (χ1) is 8.27. The average molecular weight is 269 g/mol. The van der Waals surface area contributed by atoms with Crippen molar-refractivity contribution in [2.45, 2.75) is 26.2 Å². The second-order valence-electron chi connectivity index (χ2n) is 5.38. The van der Waals surface area contributed by atoms with Crippen LogP contribution >= 0.6 is 12.4 Å². The van der Waals surface area contributed by atoms with Gasteiger partial charge in [-0.3, -0.25) is 0 Å². The van der Waals surface area contributed by atoms with Crippen molar-refractivity contribution in [3.63, 3.8) is 0 Å². The number of aryl methyl sites for hydroxylation is 1. The molecule has 3 heterocycles. The first kappa shape index (κ1) is 13.6. The molecule has 4 nitrogen and oxygen atoms in total. The van der Waals surface area contributed by atoms with E-state index >= 15 is 0 Å². The van der Waals surface area contributed by atoms with Crippen molar-refractivity contribution in [3.8, 4) is 0 Å². The molecule has 1 spiro atoms. The van der Waals surface area contributed by atoms with Crippen LogP contribution in [0.15, 0.2) is 12.3 Å². The fourth-order valence-electron chi connectivity index (χ4n) is 3.12. The summed E-state index contributed by atoms with van der Waals surface area (Å²) < 4.78 is 0. The molecule has 2 aliphatic heterocycles. The van der Waals surface area contributed by atoms with Crippen LogP contribution in [0, 0.1) is 12.3 Å². The zero-order chi connectivity index (χ0) is 11.7. The minimum Gasteiger partial charge on any atom is -0.356 e. The third kappa shape index (κ3) is 2.59. The normalized spacial score (nSPS) is 21.9. The highest BCUT2D eigenvalue weighted by molar-refractivity contribution is 5.85. The molecule has 1 aromatic rings. The molecule has 0 radical (unpaired) electrons. The fourth-order valence-corrected chi connectivity index (χ4v) is 3.12. The Hall–Kier alpha value is -0.870. The lowest BCUT2D eigenvalue weighted by Gasteiger charge is -2.33. The monoisotopic (exact) mass is 268 g/mol. The maximum Gasteiger partial charge on any atom is 0.132 e. The zero-order valence-electron chi connectivity index (χ0n) is 10.9. The molecule has 3 rings (SSSR count). The van der Waals surface area contributed by atoms with Gasteiger partial charge in [-0.25, -0.2) is 9.97 Å². The molecule has 1 N–H and O–H groups in total. The van der Waals surface area contributed by atoms with Crippen LogP contribution in [0.5, 0.6) is 0 Å². The Morgan fingerprint density at radius 1 is 1.28 bits per heavy atom. The van der Waals surface area contributed by atoms with E-state index in [-0.39, 0.29) is 12.4 Å². The molecule has 0 unspecified atom stereocenters. The van der Waals surface area contributed by atoms with Crippen molar-refractivity contribution >= 4 is 18.2 Å². The zero-order valence-corrected chi connectivity index (χ0v) is 11.7. The molecule has 1 aromatic heterocycles. The lowest BCUT2D eigenvalue weighted by molar-refractivity contribution is 0.232. The highest BCUT2D eigenvalue weighted by atomic mass is 35.5. The third-order valence-electron chi connectivity index (χ3n) is 4.19. The van der Waals surface area contributed by atoms with E-state index in [1.807, 2.05) is 19.2 Å². The summed E-state index contributed by atoms with van der Waals surface area (Å²) in [6.45, 7) is 6.63. The van der Waals surface area contributed by atoms with Gasteiger partial charge in [-0.1, -0.05) is 0 Å². The summed E-state index contributed by atoms with van der Waals surface area (Å²) in [5.41, 5.74) is 0.546. The van der Waals surface area contributed by atoms with Crippen molar-refractivity contribution in [2.75, 3.05) is 31.1 Å². The maximum absolute atomic E-state index is 4.53. The van der Waals surface area contributed by atoms with E-state index in [9.17, 15) is 0 Å². The Labute approximate surface area is 115 Å². The van der Waals surface area contributed by atoms with Gasteiger partial charge < -0.3 is 10.2 Å². The minimum atomic E-state index is 0. The van der Waals surface area contributed by atoms with E-state index in [1.54, 1.807) is 0 Å². The van der Waals surface area contributed by atoms with Gasteiger partial charge in [0.15, 0.2) is 0 Å². The van der Waals surface area contributed by atoms with E-state index in [2.05, 4.69) is 20.2 Å². The molecular weight excluding hydrogens is 248 g/mol. The van der Waals surface area contributed by atoms with Crippen molar-refractivity contribution in [3.05, 3.63) is 18.1 Å². The Bertz CT molecular complexity index is 404. The minimum absolute atomic E-state index is 0. The Morgan fingerprint density at radius 2 is 2.06 bits per heavy atom. The first-order valence-corrected chi connectivity index (χ1v) is 6.53. The summed E-state index contributed by atoms with van der Waals surface area (Å²) in [5, 5.41) is 3.46. The Kier molecular flexibility index (Phi) is 4.07. The van der Waals surface area contributed by atoms with E-state index < -0.39 is 0 Å². The van der Waals surface area contributed by atoms with Crippen molar-refractivity contribution in [1.82, 2.24) is 15.3 Å². The van der Waals surface area contributed by atoms with Crippen LogP contribution in [0.25, 0.3) is 0 Å². The quantitative estimate of drug-likeness (QED) is 0.843. The summed E-state index contributed by atoms with van der Waals surface area (Å²) in [7, 11) is 0. The van der Waals surface area contributed by atoms with Crippen LogP contribution in [0.2, 0.25) is 0 Å². The van der Waals surface area contributed by atoms with Gasteiger partial charge in [0.25, 0.3) is 0 Å². The summed E-state index contributed by atoms with van der Waals surface area (Å²) in [6, 6.07) is 2.03. The largest absolute Gasteiger partial charge is 0.356 e. The SMILES string of the molecule is Cc1nccc(N2CCC3(CCNCC3)C2)n1.Cl. The molecular formula is C13H21ClN4. The van der Waals surface area contributed by atoms with Gasteiger partial charge in [-0.05, 0) is 50.8 Å². The summed E-state index contributed by atoms with van der Waals surface area (Å²) in [4.78, 5) is 11.1. The molecule has 5 heteroatoms. The summed E-state index contributed by atoms with van der Waals surface area (Å²) >= 11 is 0. The highest BCUT2D eigenvalue weighted by Gasteiger charge is 2.39. The second kappa shape index (κ2) is 5.41. The molecule has 100 valence electrons. The number of nitrogens with one attached hydrogen (secondary N) is 1. The second-order valence-corrected chi connectivity index (χ2v) is 5.38. The van der Waals surface area contributed by atoms with Crippen LogP contribution in [0.3, 0.4) is 0 Å². The molecule has 2 saturated heterocycles. The number of piperidine rings is 1. The number of rotatable bonds is 1. The fraction of sp³-hybridized carbons (Fsp3) is 0.692. The van der Waals surface area contributed by atoms with Gasteiger partial charge in [0.2, 0.25) is 0 Å². The Morgan fingerprint density at radius 3 is 2.78 bits per heavy atom. The predicted molar refractivity (Wildman–Crippen MR) is 75.4 cm³/mol. The molecule has 0 bridgehead atoms. The van der Waals surface area contributed by atoms with E-state index in [0.29, 0.717) is 5.41 Å². The molecule has 2 fully saturated rings. The van der Waals surface area contributed by atoms with Crippen molar-refractivity contribution in [1.29, 1.82) is 0 Å². The maximum atomic E-state index is 4.53. The van der Waals surface area contributed by atoms with Crippen molar-refractivity contribution < 1.29 is 0 Å². The van der Waals surface area contributed by atoms with E-state index in [1.165, 1.54) is 38.9 Å². The summed E-state index contributed by atoms with van der Waals surface area (Å²) in [6.07, 6.45) is 5.81. The van der Waals surface area contributed by atoms with Gasteiger partial charge in [0, 0.05) is 19.3 Å². The van der Waals surface area contributed by atoms with Gasteiger partial charge >= 0.3 is 0 Å². The van der Waals surface area contributed by atoms with Crippen LogP contribution < -0.4 is 10.2 Å². The smallest absolute Gasteiger partial charge is 0.132 e. The molecule has 0 amide bonds. The molecule has 18 heavy (non-hydrogen) atoms. The van der Waals surface area contributed by atoms with Gasteiger partial charge in [-0.2, -0.15) is 0 Å². The van der Waals surface area contributed by atoms with E-state index in [4.69, 9.17) is 0 Å². The third-order valence-corrected chi connectivity index (χ3v) is 4.19. The van der Waals surface area contributed by atoms with Gasteiger partial charge in [-0.15, -0.1) is 12.4 Å². The highest BCUT2D eigenvalue weighted by Crippen LogP contribution is 2.39. The number of halogens is 1. The van der Waals surface area contributed by atoms with Gasteiger partial charge in [0.05, 0.1) is 0 Å². The topological polar surface area (TPSA) is 41.1 Å². The lowest BCUT2D eigenvalue weighted by Crippen LogP contribution is -2.38. The number of hydrogen-bond donors (Lipinski definition) is 1. The number of nitrogens with zero attached hydrogens (tertiary/aromatic N) is 3. The van der Waals surface area contributed by atoms with Crippen LogP contribution in [0.4, 0.5) is 5.82 Å². The van der Waals surface area contributed by atoms with Gasteiger partial charge in [0.1, 0.15) is 11.6 Å².